The summed E-state index contributed by atoms with van der Waals surface area (Å²) in [5.41, 5.74) is 0. The normalized spacial score (nSPS) is 25.4. The van der Waals surface area contributed by atoms with Gasteiger partial charge in [-0.3, -0.25) is 9.69 Å². The van der Waals surface area contributed by atoms with Gasteiger partial charge in [0.2, 0.25) is 0 Å². The van der Waals surface area contributed by atoms with Crippen molar-refractivity contribution in [2.45, 2.75) is 19.0 Å². The second-order valence-corrected chi connectivity index (χ2v) is 4.45. The second kappa shape index (κ2) is 6.18. The summed E-state index contributed by atoms with van der Waals surface area (Å²) in [5, 5.41) is 3.00. The fourth-order valence-corrected chi connectivity index (χ4v) is 1.97. The Morgan fingerprint density at radius 1 is 1.56 bits per heavy atom. The van der Waals surface area contributed by atoms with Crippen LogP contribution in [0.2, 0.25) is 0 Å². The third kappa shape index (κ3) is 3.43. The Hall–Kier alpha value is -0.650. The number of esters is 1. The van der Waals surface area contributed by atoms with Crippen LogP contribution in [0.25, 0.3) is 0 Å². The number of carbonyl (C=O) groups is 1. The number of nitrogens with one attached hydrogen (secondary N) is 1. The minimum atomic E-state index is -0.222. The van der Waals surface area contributed by atoms with Gasteiger partial charge in [0.05, 0.1) is 7.11 Å². The predicted molar refractivity (Wildman–Crippen MR) is 63.4 cm³/mol. The van der Waals surface area contributed by atoms with Crippen molar-refractivity contribution in [3.63, 3.8) is 0 Å². The lowest BCUT2D eigenvalue weighted by Crippen LogP contribution is -2.54. The lowest BCUT2D eigenvalue weighted by molar-refractivity contribution is -0.143. The lowest BCUT2D eigenvalue weighted by Gasteiger charge is -2.38. The SMILES string of the molecule is CNC(CN1CCN(C)C(C)C1)C(=O)OC. The van der Waals surface area contributed by atoms with Crippen molar-refractivity contribution in [1.82, 2.24) is 15.1 Å². The summed E-state index contributed by atoms with van der Waals surface area (Å²) in [5.74, 6) is -0.186. The van der Waals surface area contributed by atoms with Gasteiger partial charge in [-0.1, -0.05) is 0 Å². The number of ether oxygens (including phenoxy) is 1. The van der Waals surface area contributed by atoms with E-state index in [1.807, 2.05) is 0 Å². The topological polar surface area (TPSA) is 44.8 Å². The molecule has 0 radical (unpaired) electrons. The summed E-state index contributed by atoms with van der Waals surface area (Å²) in [6, 6.07) is 0.324. The molecule has 0 bridgehead atoms. The molecule has 1 heterocycles. The van der Waals surface area contributed by atoms with Crippen LogP contribution in [0.4, 0.5) is 0 Å². The van der Waals surface area contributed by atoms with Crippen molar-refractivity contribution in [3.8, 4) is 0 Å². The first-order chi connectivity index (χ1) is 7.58. The van der Waals surface area contributed by atoms with Crippen molar-refractivity contribution in [2.24, 2.45) is 0 Å². The van der Waals surface area contributed by atoms with Crippen molar-refractivity contribution in [2.75, 3.05) is 47.4 Å². The number of piperazine rings is 1. The summed E-state index contributed by atoms with van der Waals surface area (Å²) < 4.78 is 4.75. The number of carbonyl (C=O) groups excluding carboxylic acids is 1. The third-order valence-electron chi connectivity index (χ3n) is 3.32. The fourth-order valence-electron chi connectivity index (χ4n) is 1.97. The molecule has 1 aliphatic heterocycles. The van der Waals surface area contributed by atoms with E-state index in [1.54, 1.807) is 7.05 Å². The van der Waals surface area contributed by atoms with Gasteiger partial charge >= 0.3 is 5.97 Å². The van der Waals surface area contributed by atoms with Crippen LogP contribution < -0.4 is 5.32 Å². The molecule has 5 nitrogen and oxygen atoms in total. The first kappa shape index (κ1) is 13.4. The van der Waals surface area contributed by atoms with E-state index >= 15 is 0 Å². The van der Waals surface area contributed by atoms with E-state index in [1.165, 1.54) is 7.11 Å². The van der Waals surface area contributed by atoms with Gasteiger partial charge in [0.1, 0.15) is 6.04 Å². The van der Waals surface area contributed by atoms with E-state index in [0.717, 1.165) is 26.2 Å². The lowest BCUT2D eigenvalue weighted by atomic mass is 10.2. The predicted octanol–water partition coefficient (Wildman–Crippen LogP) is -0.617. The Labute approximate surface area is 97.7 Å². The molecule has 2 atom stereocenters. The largest absolute Gasteiger partial charge is 0.468 e. The molecule has 1 saturated heterocycles. The van der Waals surface area contributed by atoms with Gasteiger partial charge in [0, 0.05) is 32.2 Å². The molecule has 16 heavy (non-hydrogen) atoms. The molecule has 5 heteroatoms. The zero-order valence-electron chi connectivity index (χ0n) is 10.7. The zero-order chi connectivity index (χ0) is 12.1. The fraction of sp³-hybridized carbons (Fsp3) is 0.909. The molecule has 0 aromatic carbocycles. The minimum absolute atomic E-state index is 0.186. The zero-order valence-corrected chi connectivity index (χ0v) is 10.7. The van der Waals surface area contributed by atoms with Gasteiger partial charge in [-0.25, -0.2) is 0 Å². The maximum absolute atomic E-state index is 11.4. The summed E-state index contributed by atoms with van der Waals surface area (Å²) in [4.78, 5) is 16.1. The van der Waals surface area contributed by atoms with Crippen molar-refractivity contribution >= 4 is 5.97 Å². The molecular weight excluding hydrogens is 206 g/mol. The van der Waals surface area contributed by atoms with Crippen molar-refractivity contribution < 1.29 is 9.53 Å². The Morgan fingerprint density at radius 2 is 2.25 bits per heavy atom. The maximum atomic E-state index is 11.4. The van der Waals surface area contributed by atoms with Crippen LogP contribution in [-0.4, -0.2) is 75.2 Å². The molecule has 0 aromatic rings. The molecule has 0 spiro atoms. The van der Waals surface area contributed by atoms with Crippen molar-refractivity contribution in [3.05, 3.63) is 0 Å². The van der Waals surface area contributed by atoms with E-state index in [4.69, 9.17) is 4.74 Å². The highest BCUT2D eigenvalue weighted by Crippen LogP contribution is 2.07. The van der Waals surface area contributed by atoms with Crippen LogP contribution in [0, 0.1) is 0 Å². The number of hydrogen-bond acceptors (Lipinski definition) is 5. The van der Waals surface area contributed by atoms with Gasteiger partial charge < -0.3 is 15.0 Å². The van der Waals surface area contributed by atoms with Crippen molar-refractivity contribution in [1.29, 1.82) is 0 Å². The number of rotatable bonds is 4. The van der Waals surface area contributed by atoms with Crippen LogP contribution in [0.5, 0.6) is 0 Å². The van der Waals surface area contributed by atoms with Crippen LogP contribution in [0.15, 0.2) is 0 Å². The molecule has 0 aliphatic carbocycles. The van der Waals surface area contributed by atoms with E-state index < -0.39 is 0 Å². The standard InChI is InChI=1S/C11H23N3O2/c1-9-7-14(6-5-13(9)3)8-10(12-2)11(15)16-4/h9-10,12H,5-8H2,1-4H3. The Balaban J connectivity index is 2.44. The van der Waals surface area contributed by atoms with Crippen LogP contribution in [0.1, 0.15) is 6.92 Å². The molecular formula is C11H23N3O2. The Morgan fingerprint density at radius 3 is 2.75 bits per heavy atom. The molecule has 1 N–H and O–H groups in total. The monoisotopic (exact) mass is 229 g/mol. The van der Waals surface area contributed by atoms with E-state index in [-0.39, 0.29) is 12.0 Å². The molecule has 0 amide bonds. The molecule has 1 fully saturated rings. The molecule has 94 valence electrons. The highest BCUT2D eigenvalue weighted by molar-refractivity contribution is 5.75. The molecule has 0 aromatic heterocycles. The van der Waals surface area contributed by atoms with E-state index in [2.05, 4.69) is 29.1 Å². The average molecular weight is 229 g/mol. The summed E-state index contributed by atoms with van der Waals surface area (Å²) >= 11 is 0. The van der Waals surface area contributed by atoms with Crippen LogP contribution in [-0.2, 0) is 9.53 Å². The molecule has 1 aliphatic rings. The van der Waals surface area contributed by atoms with E-state index in [0.29, 0.717) is 6.04 Å². The first-order valence-electron chi connectivity index (χ1n) is 5.76. The third-order valence-corrected chi connectivity index (χ3v) is 3.32. The van der Waals surface area contributed by atoms with Gasteiger partial charge in [-0.05, 0) is 21.0 Å². The summed E-state index contributed by atoms with van der Waals surface area (Å²) in [7, 11) is 5.36. The first-order valence-corrected chi connectivity index (χ1v) is 5.76. The van der Waals surface area contributed by atoms with Gasteiger partial charge in [-0.2, -0.15) is 0 Å². The number of nitrogens with zero attached hydrogens (tertiary/aromatic N) is 2. The molecule has 2 unspecified atom stereocenters. The quantitative estimate of drug-likeness (QED) is 0.651. The summed E-state index contributed by atoms with van der Waals surface area (Å²) in [6.07, 6.45) is 0. The maximum Gasteiger partial charge on any atom is 0.324 e. The van der Waals surface area contributed by atoms with Gasteiger partial charge in [0.15, 0.2) is 0 Å². The van der Waals surface area contributed by atoms with E-state index in [9.17, 15) is 4.79 Å². The molecule has 0 saturated carbocycles. The molecule has 1 rings (SSSR count). The van der Waals surface area contributed by atoms with Crippen LogP contribution in [0.3, 0.4) is 0 Å². The number of methoxy groups -OCH3 is 1. The highest BCUT2D eigenvalue weighted by Gasteiger charge is 2.25. The van der Waals surface area contributed by atoms with Gasteiger partial charge in [0.25, 0.3) is 0 Å². The van der Waals surface area contributed by atoms with Crippen LogP contribution >= 0.6 is 0 Å². The smallest absolute Gasteiger partial charge is 0.324 e. The Bertz CT molecular complexity index is 235. The second-order valence-electron chi connectivity index (χ2n) is 4.45. The summed E-state index contributed by atoms with van der Waals surface area (Å²) in [6.45, 7) is 6.00. The Kier molecular flexibility index (Phi) is 5.18. The number of likely N-dealkylation sites (N-methyl/N-ethyl adjacent to an activating group) is 2. The minimum Gasteiger partial charge on any atom is -0.468 e. The number of hydrogen-bond donors (Lipinski definition) is 1. The average Bonchev–Trinajstić information content (AvgIpc) is 2.29. The highest BCUT2D eigenvalue weighted by atomic mass is 16.5. The van der Waals surface area contributed by atoms with Gasteiger partial charge in [-0.15, -0.1) is 0 Å².